The summed E-state index contributed by atoms with van der Waals surface area (Å²) < 4.78 is 0. The minimum atomic E-state index is 0.368. The molecule has 2 N–H and O–H groups in total. The van der Waals surface area contributed by atoms with E-state index in [4.69, 9.17) is 4.98 Å². The average Bonchev–Trinajstić information content (AvgIpc) is 3.47. The van der Waals surface area contributed by atoms with Gasteiger partial charge in [-0.05, 0) is 6.07 Å². The van der Waals surface area contributed by atoms with E-state index in [9.17, 15) is 0 Å². The Morgan fingerprint density at radius 3 is 2.53 bits per heavy atom. The Labute approximate surface area is 179 Å². The summed E-state index contributed by atoms with van der Waals surface area (Å²) in [7, 11) is 0. The fourth-order valence-corrected chi connectivity index (χ4v) is 4.08. The SMILES string of the molecule is c1ccc2c(c1)[nH]c1c(-c3nc(-c4ncc5nccnc5n4)nc4nc[nH]c34)cccc12. The normalized spacial score (nSPS) is 11.8. The molecule has 32 heavy (non-hydrogen) atoms. The Morgan fingerprint density at radius 2 is 1.53 bits per heavy atom. The topological polar surface area (TPSA) is 122 Å². The summed E-state index contributed by atoms with van der Waals surface area (Å²) in [5, 5.41) is 2.29. The lowest BCUT2D eigenvalue weighted by atomic mass is 10.1. The van der Waals surface area contributed by atoms with E-state index in [1.165, 1.54) is 0 Å². The maximum Gasteiger partial charge on any atom is 0.200 e. The van der Waals surface area contributed by atoms with Crippen molar-refractivity contribution in [2.24, 2.45) is 0 Å². The molecule has 0 aliphatic rings. The molecule has 0 aliphatic heterocycles. The molecule has 0 aliphatic carbocycles. The number of para-hydroxylation sites is 2. The summed E-state index contributed by atoms with van der Waals surface area (Å²) in [5.74, 6) is 0.744. The minimum absolute atomic E-state index is 0.368. The van der Waals surface area contributed by atoms with Gasteiger partial charge in [-0.2, -0.15) is 0 Å². The van der Waals surface area contributed by atoms with Gasteiger partial charge in [0, 0.05) is 34.2 Å². The summed E-state index contributed by atoms with van der Waals surface area (Å²) in [6.07, 6.45) is 6.45. The first-order valence-corrected chi connectivity index (χ1v) is 10.0. The van der Waals surface area contributed by atoms with E-state index < -0.39 is 0 Å². The zero-order valence-corrected chi connectivity index (χ0v) is 16.5. The van der Waals surface area contributed by atoms with Crippen LogP contribution in [0.3, 0.4) is 0 Å². The Hall–Kier alpha value is -4.79. The Morgan fingerprint density at radius 1 is 0.656 bits per heavy atom. The molecule has 0 amide bonds. The Balaban J connectivity index is 1.52. The van der Waals surface area contributed by atoms with E-state index in [-0.39, 0.29) is 0 Å². The van der Waals surface area contributed by atoms with Gasteiger partial charge in [0.15, 0.2) is 17.1 Å². The number of hydrogen-bond donors (Lipinski definition) is 2. The summed E-state index contributed by atoms with van der Waals surface area (Å²) in [4.78, 5) is 38.0. The zero-order chi connectivity index (χ0) is 21.1. The molecule has 9 heteroatoms. The van der Waals surface area contributed by atoms with E-state index in [1.807, 2.05) is 24.3 Å². The third-order valence-electron chi connectivity index (χ3n) is 5.51. The smallest absolute Gasteiger partial charge is 0.200 e. The van der Waals surface area contributed by atoms with Gasteiger partial charge in [-0.25, -0.2) is 34.9 Å². The quantitative estimate of drug-likeness (QED) is 0.437. The molecule has 0 radical (unpaired) electrons. The van der Waals surface area contributed by atoms with Gasteiger partial charge in [-0.1, -0.05) is 36.4 Å². The van der Waals surface area contributed by atoms with Crippen LogP contribution in [0.5, 0.6) is 0 Å². The van der Waals surface area contributed by atoms with E-state index in [0.717, 1.165) is 38.6 Å². The number of nitrogens with one attached hydrogen (secondary N) is 2. The second kappa shape index (κ2) is 6.35. The molecule has 0 spiro atoms. The van der Waals surface area contributed by atoms with Gasteiger partial charge >= 0.3 is 0 Å². The highest BCUT2D eigenvalue weighted by Gasteiger charge is 2.18. The van der Waals surface area contributed by atoms with Crippen molar-refractivity contribution in [1.82, 2.24) is 44.9 Å². The predicted octanol–water partition coefficient (Wildman–Crippen LogP) is 4.05. The number of nitrogens with zero attached hydrogens (tertiary/aromatic N) is 7. The molecule has 0 unspecified atom stereocenters. The molecular formula is C23H13N9. The van der Waals surface area contributed by atoms with Gasteiger partial charge in [-0.15, -0.1) is 0 Å². The van der Waals surface area contributed by atoms with Gasteiger partial charge in [0.1, 0.15) is 16.7 Å². The average molecular weight is 415 g/mol. The first-order valence-electron chi connectivity index (χ1n) is 10.0. The van der Waals surface area contributed by atoms with Crippen molar-refractivity contribution in [2.75, 3.05) is 0 Å². The van der Waals surface area contributed by atoms with E-state index >= 15 is 0 Å². The van der Waals surface area contributed by atoms with E-state index in [0.29, 0.717) is 28.5 Å². The molecule has 0 bridgehead atoms. The van der Waals surface area contributed by atoms with E-state index in [1.54, 1.807) is 24.9 Å². The van der Waals surface area contributed by atoms with Crippen LogP contribution in [0.15, 0.2) is 67.4 Å². The Bertz CT molecular complexity index is 1800. The van der Waals surface area contributed by atoms with Crippen LogP contribution in [-0.4, -0.2) is 44.9 Å². The largest absolute Gasteiger partial charge is 0.354 e. The van der Waals surface area contributed by atoms with Gasteiger partial charge in [0.25, 0.3) is 0 Å². The van der Waals surface area contributed by atoms with Crippen molar-refractivity contribution in [3.05, 3.63) is 67.4 Å². The minimum Gasteiger partial charge on any atom is -0.354 e. The summed E-state index contributed by atoms with van der Waals surface area (Å²) in [6, 6.07) is 14.4. The van der Waals surface area contributed by atoms with Crippen LogP contribution in [0.2, 0.25) is 0 Å². The zero-order valence-electron chi connectivity index (χ0n) is 16.5. The van der Waals surface area contributed by atoms with Crippen LogP contribution in [-0.2, 0) is 0 Å². The molecule has 5 heterocycles. The molecule has 7 rings (SSSR count). The lowest BCUT2D eigenvalue weighted by molar-refractivity contribution is 1.09. The van der Waals surface area contributed by atoms with Gasteiger partial charge < -0.3 is 9.97 Å². The van der Waals surface area contributed by atoms with Crippen LogP contribution in [0.4, 0.5) is 0 Å². The fourth-order valence-electron chi connectivity index (χ4n) is 4.08. The third-order valence-corrected chi connectivity index (χ3v) is 5.51. The molecule has 9 nitrogen and oxygen atoms in total. The van der Waals surface area contributed by atoms with Crippen molar-refractivity contribution >= 4 is 44.1 Å². The first-order chi connectivity index (χ1) is 15.8. The lowest BCUT2D eigenvalue weighted by Gasteiger charge is -2.07. The number of benzene rings is 2. The number of aromatic amines is 2. The van der Waals surface area contributed by atoms with Crippen LogP contribution < -0.4 is 0 Å². The Kier molecular flexibility index (Phi) is 3.36. The van der Waals surface area contributed by atoms with E-state index in [2.05, 4.69) is 58.1 Å². The molecule has 150 valence electrons. The molecular weight excluding hydrogens is 402 g/mol. The van der Waals surface area contributed by atoms with Crippen molar-refractivity contribution in [1.29, 1.82) is 0 Å². The highest BCUT2D eigenvalue weighted by atomic mass is 15.1. The lowest BCUT2D eigenvalue weighted by Crippen LogP contribution is -2.00. The van der Waals surface area contributed by atoms with Crippen molar-refractivity contribution in [3.8, 4) is 22.9 Å². The molecule has 0 atom stereocenters. The number of hydrogen-bond acceptors (Lipinski definition) is 7. The highest BCUT2D eigenvalue weighted by Crippen LogP contribution is 2.35. The third kappa shape index (κ3) is 2.42. The first kappa shape index (κ1) is 16.9. The number of aromatic nitrogens is 9. The summed E-state index contributed by atoms with van der Waals surface area (Å²) >= 11 is 0. The van der Waals surface area contributed by atoms with Gasteiger partial charge in [0.2, 0.25) is 5.82 Å². The maximum absolute atomic E-state index is 4.87. The fraction of sp³-hybridized carbons (Fsp3) is 0. The summed E-state index contributed by atoms with van der Waals surface area (Å²) in [6.45, 7) is 0. The van der Waals surface area contributed by atoms with Crippen molar-refractivity contribution in [3.63, 3.8) is 0 Å². The maximum atomic E-state index is 4.87. The van der Waals surface area contributed by atoms with Crippen LogP contribution in [0.1, 0.15) is 0 Å². The molecule has 0 saturated heterocycles. The number of fused-ring (bicyclic) bond motifs is 5. The molecule has 7 aromatic rings. The molecule has 0 fully saturated rings. The van der Waals surface area contributed by atoms with Crippen LogP contribution in [0, 0.1) is 0 Å². The van der Waals surface area contributed by atoms with Crippen molar-refractivity contribution < 1.29 is 0 Å². The monoisotopic (exact) mass is 415 g/mol. The van der Waals surface area contributed by atoms with Crippen LogP contribution >= 0.6 is 0 Å². The highest BCUT2D eigenvalue weighted by molar-refractivity contribution is 6.12. The van der Waals surface area contributed by atoms with Gasteiger partial charge in [0.05, 0.1) is 18.0 Å². The molecule has 5 aromatic heterocycles. The second-order valence-corrected chi connectivity index (χ2v) is 7.35. The molecule has 2 aromatic carbocycles. The van der Waals surface area contributed by atoms with Gasteiger partial charge in [-0.3, -0.25) is 0 Å². The van der Waals surface area contributed by atoms with Crippen LogP contribution in [0.25, 0.3) is 67.0 Å². The standard InChI is InChI=1S/C23H13N9/c1-2-7-15-12(4-1)13-5-3-6-14(17(13)29-15)18-19-21(28-11-27-19)32-23(30-18)22-26-10-16-20(31-22)25-9-8-24-16/h1-11,29H,(H,27,28,30,32). The number of H-pyrrole nitrogens is 2. The van der Waals surface area contributed by atoms with Crippen molar-refractivity contribution in [2.45, 2.75) is 0 Å². The summed E-state index contributed by atoms with van der Waals surface area (Å²) in [5.41, 5.74) is 6.13. The number of rotatable bonds is 2. The number of imidazole rings is 1. The second-order valence-electron chi connectivity index (χ2n) is 7.35. The molecule has 0 saturated carbocycles. The predicted molar refractivity (Wildman–Crippen MR) is 121 cm³/mol.